The van der Waals surface area contributed by atoms with Gasteiger partial charge in [0.15, 0.2) is 0 Å². The van der Waals surface area contributed by atoms with Gasteiger partial charge in [0.1, 0.15) is 0 Å². The largest absolute Gasteiger partial charge is 0.399 e. The third-order valence-corrected chi connectivity index (χ3v) is 3.96. The summed E-state index contributed by atoms with van der Waals surface area (Å²) in [6, 6.07) is 12.3. The maximum absolute atomic E-state index is 5.87. The van der Waals surface area contributed by atoms with Crippen molar-refractivity contribution in [1.82, 2.24) is 4.98 Å². The summed E-state index contributed by atoms with van der Waals surface area (Å²) in [4.78, 5) is 4.65. The monoisotopic (exact) mass is 268 g/mol. The molecule has 106 valence electrons. The molecule has 0 aliphatic rings. The third kappa shape index (κ3) is 3.19. The number of nitrogen functional groups attached to an aromatic ring is 1. The zero-order chi connectivity index (χ0) is 14.9. The Hall–Kier alpha value is -1.83. The molecule has 0 aliphatic carbocycles. The second-order valence-corrected chi connectivity index (χ2v) is 6.64. The summed E-state index contributed by atoms with van der Waals surface area (Å²) in [6.45, 7) is 11.1. The second-order valence-electron chi connectivity index (χ2n) is 6.64. The number of nitrogens with two attached hydrogens (primary N) is 1. The lowest BCUT2D eigenvalue weighted by atomic mass is 9.77. The van der Waals surface area contributed by atoms with E-state index in [9.17, 15) is 0 Å². The van der Waals surface area contributed by atoms with E-state index in [2.05, 4.69) is 57.8 Å². The van der Waals surface area contributed by atoms with Crippen LogP contribution in [0.2, 0.25) is 0 Å². The van der Waals surface area contributed by atoms with Crippen molar-refractivity contribution in [2.24, 2.45) is 5.41 Å². The highest BCUT2D eigenvalue weighted by atomic mass is 14.7. The molecule has 0 aliphatic heterocycles. The fourth-order valence-electron chi connectivity index (χ4n) is 2.29. The molecule has 2 nitrogen and oxygen atoms in total. The Morgan fingerprint density at radius 1 is 1.10 bits per heavy atom. The van der Waals surface area contributed by atoms with Crippen LogP contribution in [-0.2, 0) is 0 Å². The van der Waals surface area contributed by atoms with E-state index in [1.165, 1.54) is 5.56 Å². The van der Waals surface area contributed by atoms with E-state index < -0.39 is 0 Å². The SMILES string of the molecule is Cc1cc(C(C)C(C)(C)C)cc(-c2cccc(N)c2)n1. The van der Waals surface area contributed by atoms with Crippen LogP contribution in [0.5, 0.6) is 0 Å². The molecule has 1 aromatic heterocycles. The van der Waals surface area contributed by atoms with E-state index in [4.69, 9.17) is 5.73 Å². The first-order valence-corrected chi connectivity index (χ1v) is 7.12. The fourth-order valence-corrected chi connectivity index (χ4v) is 2.29. The molecule has 20 heavy (non-hydrogen) atoms. The van der Waals surface area contributed by atoms with E-state index in [1.54, 1.807) is 0 Å². The lowest BCUT2D eigenvalue weighted by Crippen LogP contribution is -2.15. The number of anilines is 1. The maximum Gasteiger partial charge on any atom is 0.0708 e. The van der Waals surface area contributed by atoms with Crippen molar-refractivity contribution in [1.29, 1.82) is 0 Å². The Morgan fingerprint density at radius 2 is 1.80 bits per heavy atom. The first kappa shape index (κ1) is 14.6. The minimum Gasteiger partial charge on any atom is -0.399 e. The average molecular weight is 268 g/mol. The van der Waals surface area contributed by atoms with Crippen LogP contribution < -0.4 is 5.73 Å². The molecule has 0 saturated heterocycles. The van der Waals surface area contributed by atoms with Crippen LogP contribution in [0.4, 0.5) is 5.69 Å². The normalized spacial score (nSPS) is 13.2. The molecule has 1 unspecified atom stereocenters. The first-order valence-electron chi connectivity index (χ1n) is 7.12. The van der Waals surface area contributed by atoms with Gasteiger partial charge < -0.3 is 5.73 Å². The predicted octanol–water partition coefficient (Wildman–Crippen LogP) is 4.79. The van der Waals surface area contributed by atoms with Crippen molar-refractivity contribution in [2.45, 2.75) is 40.5 Å². The maximum atomic E-state index is 5.87. The number of pyridine rings is 1. The topological polar surface area (TPSA) is 38.9 Å². The van der Waals surface area contributed by atoms with Gasteiger partial charge in [0.25, 0.3) is 0 Å². The molecule has 1 heterocycles. The summed E-state index contributed by atoms with van der Waals surface area (Å²) >= 11 is 0. The van der Waals surface area contributed by atoms with Gasteiger partial charge in [-0.15, -0.1) is 0 Å². The molecule has 0 fully saturated rings. The molecular formula is C18H24N2. The summed E-state index contributed by atoms with van der Waals surface area (Å²) in [6.07, 6.45) is 0. The number of hydrogen-bond donors (Lipinski definition) is 1. The van der Waals surface area contributed by atoms with Crippen LogP contribution in [0, 0.1) is 12.3 Å². The van der Waals surface area contributed by atoms with Crippen molar-refractivity contribution in [3.8, 4) is 11.3 Å². The summed E-state index contributed by atoms with van der Waals surface area (Å²) in [5, 5.41) is 0. The molecule has 2 heteroatoms. The van der Waals surface area contributed by atoms with Crippen molar-refractivity contribution < 1.29 is 0 Å². The third-order valence-electron chi connectivity index (χ3n) is 3.96. The smallest absolute Gasteiger partial charge is 0.0708 e. The van der Waals surface area contributed by atoms with E-state index in [-0.39, 0.29) is 5.41 Å². The highest BCUT2D eigenvalue weighted by Crippen LogP contribution is 2.36. The number of rotatable bonds is 2. The summed E-state index contributed by atoms with van der Waals surface area (Å²) < 4.78 is 0. The summed E-state index contributed by atoms with van der Waals surface area (Å²) in [5.41, 5.74) is 11.4. The van der Waals surface area contributed by atoms with Crippen LogP contribution in [0.1, 0.15) is 44.9 Å². The molecule has 1 aromatic carbocycles. The highest BCUT2D eigenvalue weighted by molar-refractivity contribution is 5.64. The van der Waals surface area contributed by atoms with Gasteiger partial charge in [0.05, 0.1) is 5.69 Å². The van der Waals surface area contributed by atoms with Gasteiger partial charge in [-0.3, -0.25) is 4.98 Å². The van der Waals surface area contributed by atoms with Crippen molar-refractivity contribution >= 4 is 5.69 Å². The molecule has 0 bridgehead atoms. The minimum atomic E-state index is 0.237. The molecule has 2 rings (SSSR count). The van der Waals surface area contributed by atoms with E-state index in [0.717, 1.165) is 22.6 Å². The Kier molecular flexibility index (Phi) is 3.85. The Morgan fingerprint density at radius 3 is 2.40 bits per heavy atom. The Balaban J connectivity index is 2.49. The molecule has 2 aromatic rings. The zero-order valence-corrected chi connectivity index (χ0v) is 13.1. The van der Waals surface area contributed by atoms with Gasteiger partial charge >= 0.3 is 0 Å². The quantitative estimate of drug-likeness (QED) is 0.795. The first-order chi connectivity index (χ1) is 9.27. The van der Waals surface area contributed by atoms with Gasteiger partial charge in [-0.2, -0.15) is 0 Å². The highest BCUT2D eigenvalue weighted by Gasteiger charge is 2.22. The summed E-state index contributed by atoms with van der Waals surface area (Å²) in [5.74, 6) is 0.476. The summed E-state index contributed by atoms with van der Waals surface area (Å²) in [7, 11) is 0. The molecule has 0 radical (unpaired) electrons. The number of aryl methyl sites for hydroxylation is 1. The van der Waals surface area contributed by atoms with Gasteiger partial charge in [-0.1, -0.05) is 39.8 Å². The van der Waals surface area contributed by atoms with Crippen molar-refractivity contribution in [3.63, 3.8) is 0 Å². The zero-order valence-electron chi connectivity index (χ0n) is 13.1. The Labute approximate surface area is 122 Å². The van der Waals surface area contributed by atoms with Gasteiger partial charge in [0.2, 0.25) is 0 Å². The van der Waals surface area contributed by atoms with Crippen LogP contribution in [0.15, 0.2) is 36.4 Å². The molecule has 0 amide bonds. The number of benzene rings is 1. The van der Waals surface area contributed by atoms with E-state index in [0.29, 0.717) is 5.92 Å². The molecule has 0 spiro atoms. The molecule has 1 atom stereocenters. The standard InChI is InChI=1S/C18H24N2/c1-12-9-15(13(2)18(3,4)5)11-17(20-12)14-7-6-8-16(19)10-14/h6-11,13H,19H2,1-5H3. The van der Waals surface area contributed by atoms with Crippen LogP contribution in [0.25, 0.3) is 11.3 Å². The number of nitrogens with zero attached hydrogens (tertiary/aromatic N) is 1. The van der Waals surface area contributed by atoms with E-state index in [1.807, 2.05) is 18.2 Å². The van der Waals surface area contributed by atoms with Gasteiger partial charge in [-0.25, -0.2) is 0 Å². The van der Waals surface area contributed by atoms with Crippen molar-refractivity contribution in [2.75, 3.05) is 5.73 Å². The molecule has 0 saturated carbocycles. The van der Waals surface area contributed by atoms with Gasteiger partial charge in [0, 0.05) is 16.9 Å². The van der Waals surface area contributed by atoms with E-state index >= 15 is 0 Å². The lowest BCUT2D eigenvalue weighted by molar-refractivity contribution is 0.339. The van der Waals surface area contributed by atoms with Crippen LogP contribution >= 0.6 is 0 Å². The van der Waals surface area contributed by atoms with Crippen molar-refractivity contribution in [3.05, 3.63) is 47.7 Å². The van der Waals surface area contributed by atoms with Crippen LogP contribution in [-0.4, -0.2) is 4.98 Å². The second kappa shape index (κ2) is 5.28. The van der Waals surface area contributed by atoms with Crippen LogP contribution in [0.3, 0.4) is 0 Å². The average Bonchev–Trinajstić information content (AvgIpc) is 2.36. The predicted molar refractivity (Wildman–Crippen MR) is 86.7 cm³/mol. The molecule has 2 N–H and O–H groups in total. The minimum absolute atomic E-state index is 0.237. The lowest BCUT2D eigenvalue weighted by Gasteiger charge is -2.28. The number of hydrogen-bond acceptors (Lipinski definition) is 2. The number of aromatic nitrogens is 1. The molecular weight excluding hydrogens is 244 g/mol. The van der Waals surface area contributed by atoms with Gasteiger partial charge in [-0.05, 0) is 48.1 Å². The Bertz CT molecular complexity index is 609. The fraction of sp³-hybridized carbons (Fsp3) is 0.389.